The molecule has 0 saturated carbocycles. The zero-order chi connectivity index (χ0) is 21.3. The van der Waals surface area contributed by atoms with Gasteiger partial charge in [0, 0.05) is 24.8 Å². The number of methoxy groups -OCH3 is 1. The number of nitrogens with one attached hydrogen (secondary N) is 1. The van der Waals surface area contributed by atoms with Gasteiger partial charge in [0.1, 0.15) is 11.6 Å². The molecule has 0 unspecified atom stereocenters. The van der Waals surface area contributed by atoms with Crippen molar-refractivity contribution in [3.63, 3.8) is 0 Å². The predicted octanol–water partition coefficient (Wildman–Crippen LogP) is 4.41. The Labute approximate surface area is 177 Å². The third-order valence-electron chi connectivity index (χ3n) is 5.28. The molecule has 0 bridgehead atoms. The van der Waals surface area contributed by atoms with Crippen LogP contribution in [0.25, 0.3) is 16.7 Å². The van der Waals surface area contributed by atoms with E-state index in [2.05, 4.69) is 9.97 Å². The van der Waals surface area contributed by atoms with Crippen molar-refractivity contribution in [3.05, 3.63) is 64.6 Å². The molecule has 3 aromatic rings. The Morgan fingerprint density at radius 1 is 1.20 bits per heavy atom. The highest BCUT2D eigenvalue weighted by Crippen LogP contribution is 2.33. The highest BCUT2D eigenvalue weighted by Gasteiger charge is 2.30. The van der Waals surface area contributed by atoms with E-state index in [1.54, 1.807) is 24.3 Å². The number of aromatic amines is 1. The standard InChI is InChI=1S/C22H19ClFN3O3/c1-30-16-12-26-21(23)19-17(16)15(11-25-19)20(28)22(29)27-9-7-14(8-10-27)18(24)13-5-3-2-4-6-13/h2-6,11-12,25H,7-10H2,1H3. The lowest BCUT2D eigenvalue weighted by atomic mass is 9.99. The van der Waals surface area contributed by atoms with E-state index >= 15 is 0 Å². The largest absolute Gasteiger partial charge is 0.494 e. The molecule has 0 radical (unpaired) electrons. The normalized spacial score (nSPS) is 14.1. The Morgan fingerprint density at radius 2 is 1.90 bits per heavy atom. The maximum absolute atomic E-state index is 14.7. The van der Waals surface area contributed by atoms with Gasteiger partial charge in [-0.3, -0.25) is 9.59 Å². The molecule has 1 N–H and O–H groups in total. The summed E-state index contributed by atoms with van der Waals surface area (Å²) in [6.07, 6.45) is 3.61. The number of carbonyl (C=O) groups excluding carboxylic acids is 2. The smallest absolute Gasteiger partial charge is 0.295 e. The molecule has 2 aromatic heterocycles. The fourth-order valence-corrected chi connectivity index (χ4v) is 3.86. The van der Waals surface area contributed by atoms with E-state index in [1.807, 2.05) is 6.07 Å². The minimum atomic E-state index is -0.669. The third-order valence-corrected chi connectivity index (χ3v) is 5.57. The van der Waals surface area contributed by atoms with Gasteiger partial charge in [-0.15, -0.1) is 0 Å². The number of aromatic nitrogens is 2. The Kier molecular flexibility index (Phi) is 5.55. The second kappa shape index (κ2) is 8.28. The maximum atomic E-state index is 14.7. The third kappa shape index (κ3) is 3.57. The van der Waals surface area contributed by atoms with Crippen LogP contribution in [-0.2, 0) is 4.79 Å². The predicted molar refractivity (Wildman–Crippen MR) is 112 cm³/mol. The number of Topliss-reactive ketones (excluding diaryl/α,β-unsaturated/α-hetero) is 1. The summed E-state index contributed by atoms with van der Waals surface area (Å²) in [5.74, 6) is -1.21. The number of ether oxygens (including phenoxy) is 1. The lowest BCUT2D eigenvalue weighted by molar-refractivity contribution is -0.126. The molecule has 30 heavy (non-hydrogen) atoms. The number of hydrogen-bond donors (Lipinski definition) is 1. The van der Waals surface area contributed by atoms with E-state index in [1.165, 1.54) is 24.4 Å². The topological polar surface area (TPSA) is 75.3 Å². The Hall–Kier alpha value is -3.19. The van der Waals surface area contributed by atoms with Crippen molar-refractivity contribution in [2.75, 3.05) is 20.2 Å². The van der Waals surface area contributed by atoms with Gasteiger partial charge in [-0.25, -0.2) is 9.37 Å². The van der Waals surface area contributed by atoms with Gasteiger partial charge >= 0.3 is 0 Å². The zero-order valence-corrected chi connectivity index (χ0v) is 17.0. The summed E-state index contributed by atoms with van der Waals surface area (Å²) in [5.41, 5.74) is 1.79. The molecule has 0 aliphatic carbocycles. The number of halogens is 2. The van der Waals surface area contributed by atoms with Crippen LogP contribution < -0.4 is 4.74 Å². The van der Waals surface area contributed by atoms with Gasteiger partial charge in [0.2, 0.25) is 0 Å². The number of amides is 1. The van der Waals surface area contributed by atoms with E-state index in [0.29, 0.717) is 40.6 Å². The van der Waals surface area contributed by atoms with Gasteiger partial charge in [0.25, 0.3) is 11.7 Å². The second-order valence-electron chi connectivity index (χ2n) is 6.97. The van der Waals surface area contributed by atoms with Crippen molar-refractivity contribution in [1.29, 1.82) is 0 Å². The molecule has 154 valence electrons. The van der Waals surface area contributed by atoms with Gasteiger partial charge in [-0.2, -0.15) is 0 Å². The molecule has 1 amide bonds. The van der Waals surface area contributed by atoms with Gasteiger partial charge in [0.15, 0.2) is 5.15 Å². The van der Waals surface area contributed by atoms with Gasteiger partial charge in [-0.1, -0.05) is 41.9 Å². The molecular formula is C22H19ClFN3O3. The molecule has 6 nitrogen and oxygen atoms in total. The van der Waals surface area contributed by atoms with Crippen molar-refractivity contribution >= 4 is 40.0 Å². The number of carbonyl (C=O) groups is 2. The van der Waals surface area contributed by atoms with Crippen molar-refractivity contribution < 1.29 is 18.7 Å². The molecular weight excluding hydrogens is 409 g/mol. The van der Waals surface area contributed by atoms with Crippen LogP contribution >= 0.6 is 11.6 Å². The van der Waals surface area contributed by atoms with Crippen LogP contribution in [0.5, 0.6) is 5.75 Å². The van der Waals surface area contributed by atoms with Crippen molar-refractivity contribution in [3.8, 4) is 5.75 Å². The summed E-state index contributed by atoms with van der Waals surface area (Å²) < 4.78 is 20.0. The SMILES string of the molecule is COc1cnc(Cl)c2[nH]cc(C(=O)C(=O)N3CCC(=C(F)c4ccccc4)CC3)c12. The van der Waals surface area contributed by atoms with Crippen LogP contribution in [0.2, 0.25) is 5.15 Å². The molecule has 3 heterocycles. The summed E-state index contributed by atoms with van der Waals surface area (Å²) in [7, 11) is 1.45. The van der Waals surface area contributed by atoms with Crippen molar-refractivity contribution in [2.45, 2.75) is 12.8 Å². The molecule has 1 aromatic carbocycles. The first-order valence-electron chi connectivity index (χ1n) is 9.47. The minimum Gasteiger partial charge on any atom is -0.494 e. The quantitative estimate of drug-likeness (QED) is 0.380. The lowest BCUT2D eigenvalue weighted by Gasteiger charge is -2.28. The van der Waals surface area contributed by atoms with Gasteiger partial charge in [-0.05, 0) is 18.4 Å². The Morgan fingerprint density at radius 3 is 2.57 bits per heavy atom. The summed E-state index contributed by atoms with van der Waals surface area (Å²) >= 11 is 6.08. The first-order chi connectivity index (χ1) is 14.5. The maximum Gasteiger partial charge on any atom is 0.295 e. The molecule has 0 spiro atoms. The monoisotopic (exact) mass is 427 g/mol. The molecule has 0 atom stereocenters. The Balaban J connectivity index is 1.53. The van der Waals surface area contributed by atoms with Gasteiger partial charge in [0.05, 0.1) is 29.8 Å². The number of rotatable bonds is 4. The number of nitrogens with zero attached hydrogens (tertiary/aromatic N) is 2. The molecule has 1 saturated heterocycles. The number of likely N-dealkylation sites (tertiary alicyclic amines) is 1. The lowest BCUT2D eigenvalue weighted by Crippen LogP contribution is -2.40. The van der Waals surface area contributed by atoms with Crippen molar-refractivity contribution in [2.24, 2.45) is 0 Å². The van der Waals surface area contributed by atoms with E-state index < -0.39 is 11.7 Å². The van der Waals surface area contributed by atoms with Crippen LogP contribution in [0.3, 0.4) is 0 Å². The number of hydrogen-bond acceptors (Lipinski definition) is 4. The average Bonchev–Trinajstić information content (AvgIpc) is 3.25. The number of piperidine rings is 1. The number of pyridine rings is 1. The van der Waals surface area contributed by atoms with Crippen LogP contribution in [0, 0.1) is 0 Å². The fourth-order valence-electron chi connectivity index (χ4n) is 3.67. The van der Waals surface area contributed by atoms with Crippen LogP contribution in [0.1, 0.15) is 28.8 Å². The van der Waals surface area contributed by atoms with E-state index in [-0.39, 0.29) is 29.6 Å². The molecule has 1 aliphatic rings. The summed E-state index contributed by atoms with van der Waals surface area (Å²) in [4.78, 5) is 34.1. The van der Waals surface area contributed by atoms with Crippen LogP contribution in [0.4, 0.5) is 4.39 Å². The second-order valence-corrected chi connectivity index (χ2v) is 7.33. The number of fused-ring (bicyclic) bond motifs is 1. The highest BCUT2D eigenvalue weighted by molar-refractivity contribution is 6.45. The first-order valence-corrected chi connectivity index (χ1v) is 9.85. The summed E-state index contributed by atoms with van der Waals surface area (Å²) in [5, 5.41) is 0.602. The van der Waals surface area contributed by atoms with Crippen LogP contribution in [0.15, 0.2) is 48.3 Å². The highest BCUT2D eigenvalue weighted by atomic mass is 35.5. The number of H-pyrrole nitrogens is 1. The first kappa shape index (κ1) is 20.1. The van der Waals surface area contributed by atoms with E-state index in [9.17, 15) is 14.0 Å². The summed E-state index contributed by atoms with van der Waals surface area (Å²) in [6.45, 7) is 0.559. The van der Waals surface area contributed by atoms with E-state index in [4.69, 9.17) is 16.3 Å². The number of benzene rings is 1. The minimum absolute atomic E-state index is 0.174. The average molecular weight is 428 g/mol. The molecule has 1 aliphatic heterocycles. The van der Waals surface area contributed by atoms with Gasteiger partial charge < -0.3 is 14.6 Å². The van der Waals surface area contributed by atoms with Crippen LogP contribution in [-0.4, -0.2) is 46.8 Å². The molecule has 8 heteroatoms. The summed E-state index contributed by atoms with van der Waals surface area (Å²) in [6, 6.07) is 8.83. The number of ketones is 1. The fraction of sp³-hybridized carbons (Fsp3) is 0.227. The Bertz CT molecular complexity index is 1150. The molecule has 4 rings (SSSR count). The molecule has 1 fully saturated rings. The zero-order valence-electron chi connectivity index (χ0n) is 16.2. The van der Waals surface area contributed by atoms with Crippen molar-refractivity contribution in [1.82, 2.24) is 14.9 Å². The van der Waals surface area contributed by atoms with E-state index in [0.717, 1.165) is 0 Å².